The first kappa shape index (κ1) is 70.7. The number of likely N-dealkylation sites (N-methyl/N-ethyl adjacent to an activating group) is 2. The lowest BCUT2D eigenvalue weighted by molar-refractivity contribution is -0.138. The molecule has 0 bridgehead atoms. The maximum Gasteiger partial charge on any atom is 0.417 e. The van der Waals surface area contributed by atoms with Gasteiger partial charge < -0.3 is 41.5 Å². The fourth-order valence-electron chi connectivity index (χ4n) is 11.4. The fraction of sp³-hybridized carbons (Fsp3) is 0.387. The Morgan fingerprint density at radius 1 is 0.511 bits per heavy atom. The third-order valence-electron chi connectivity index (χ3n) is 15.9. The van der Waals surface area contributed by atoms with Gasteiger partial charge in [-0.05, 0) is 79.6 Å². The molecule has 2 fully saturated rings. The second kappa shape index (κ2) is 26.4. The van der Waals surface area contributed by atoms with E-state index in [0.717, 1.165) is 24.3 Å². The van der Waals surface area contributed by atoms with E-state index in [1.54, 1.807) is 13.8 Å². The Morgan fingerprint density at radius 2 is 0.859 bits per heavy atom. The standard InChI is InChI=1S/C35H40F7N5O3.C27H24F7N5O3/c1-17-14-47(15-18(2)46(17)8)24-12-23(36)26(29(39)30(24)44-31(49)21-13-43-25(48)11-22(21)35(40,41)42)19-9-10-20(28(38)27(19)37)32(50)45-34(6,7)16-33(3,4)5;1-11-9-39(10-12(2)38(11)3)18-7-17(28)20(13-4-5-14(25(35)41)22(30)21(13)29)23(31)24(18)37-26(42)15-8-36-19(40)6-16(15)27(32,33)34/h9-13,17-18H,14-16H2,1-8H3,(H,43,48)(H,44,49)(H,45,50);4-8,11-12H,9-10H2,1-3H3,(H2,35,41)(H,36,40)(H,37,42)/t17-,18+;11-,12+. The number of nitrogens with two attached hydrogens (primary N) is 1. The molecule has 0 saturated carbocycles. The van der Waals surface area contributed by atoms with Crippen LogP contribution in [-0.2, 0) is 12.4 Å². The van der Waals surface area contributed by atoms with Crippen molar-refractivity contribution in [2.75, 3.05) is 60.7 Å². The van der Waals surface area contributed by atoms with Crippen LogP contribution in [-0.4, -0.2) is 113 Å². The monoisotopic (exact) mass is 1310 g/mol. The topological polar surface area (TPSA) is 209 Å². The van der Waals surface area contributed by atoms with Gasteiger partial charge in [0, 0.05) is 104 Å². The van der Waals surface area contributed by atoms with Crippen LogP contribution in [0.1, 0.15) is 121 Å². The molecule has 7 N–H and O–H groups in total. The average molecular weight is 1310 g/mol. The number of aromatic amines is 2. The summed E-state index contributed by atoms with van der Waals surface area (Å²) in [6.07, 6.45) is -8.85. The molecule has 0 unspecified atom stereocenters. The number of hydrogen-bond acceptors (Lipinski definition) is 10. The molecule has 92 heavy (non-hydrogen) atoms. The molecular weight excluding hydrogens is 1250 g/mol. The van der Waals surface area contributed by atoms with Crippen LogP contribution in [0.25, 0.3) is 22.3 Å². The molecule has 2 aliphatic heterocycles. The summed E-state index contributed by atoms with van der Waals surface area (Å²) in [6, 6.07) is 4.21. The number of nitrogens with zero attached hydrogens (tertiary/aromatic N) is 4. The summed E-state index contributed by atoms with van der Waals surface area (Å²) in [5, 5.41) is 6.74. The lowest BCUT2D eigenvalue weighted by Crippen LogP contribution is -2.55. The number of halogens is 14. The maximum atomic E-state index is 16.6. The number of aromatic nitrogens is 2. The summed E-state index contributed by atoms with van der Waals surface area (Å²) < 4.78 is 207. The minimum atomic E-state index is -5.16. The van der Waals surface area contributed by atoms with Gasteiger partial charge in [0.2, 0.25) is 11.1 Å². The van der Waals surface area contributed by atoms with Crippen LogP contribution in [0.4, 0.5) is 84.2 Å². The van der Waals surface area contributed by atoms with Crippen LogP contribution < -0.4 is 42.6 Å². The molecule has 4 heterocycles. The molecule has 4 atom stereocenters. The molecule has 30 heteroatoms. The molecule has 6 aromatic rings. The van der Waals surface area contributed by atoms with E-state index >= 15 is 26.3 Å². The zero-order valence-electron chi connectivity index (χ0n) is 51.2. The summed E-state index contributed by atoms with van der Waals surface area (Å²) >= 11 is 0. The molecule has 0 aliphatic carbocycles. The molecule has 16 nitrogen and oxygen atoms in total. The highest BCUT2D eigenvalue weighted by atomic mass is 19.4. The van der Waals surface area contributed by atoms with Crippen LogP contribution in [0.5, 0.6) is 0 Å². The summed E-state index contributed by atoms with van der Waals surface area (Å²) in [4.78, 5) is 85.0. The van der Waals surface area contributed by atoms with Crippen LogP contribution >= 0.6 is 0 Å². The summed E-state index contributed by atoms with van der Waals surface area (Å²) in [7, 11) is 3.66. The van der Waals surface area contributed by atoms with Gasteiger partial charge in [-0.15, -0.1) is 0 Å². The van der Waals surface area contributed by atoms with Gasteiger partial charge in [-0.2, -0.15) is 26.3 Å². The molecule has 2 aliphatic rings. The number of amides is 4. The smallest absolute Gasteiger partial charge is 0.367 e. The summed E-state index contributed by atoms with van der Waals surface area (Å²) in [6.45, 7) is 17.2. The Morgan fingerprint density at radius 3 is 1.20 bits per heavy atom. The number of primary amides is 1. The second-order valence-corrected chi connectivity index (χ2v) is 24.6. The van der Waals surface area contributed by atoms with Crippen molar-refractivity contribution in [2.24, 2.45) is 11.1 Å². The lowest BCUT2D eigenvalue weighted by atomic mass is 9.81. The Hall–Kier alpha value is -8.80. The van der Waals surface area contributed by atoms with Crippen LogP contribution in [0.3, 0.4) is 0 Å². The first-order chi connectivity index (χ1) is 42.4. The van der Waals surface area contributed by atoms with Gasteiger partial charge in [0.1, 0.15) is 23.0 Å². The van der Waals surface area contributed by atoms with Crippen LogP contribution in [0.15, 0.2) is 70.5 Å². The average Bonchev–Trinajstić information content (AvgIpc) is 0.766. The van der Waals surface area contributed by atoms with Gasteiger partial charge in [-0.1, -0.05) is 32.9 Å². The molecule has 0 radical (unpaired) electrons. The molecule has 2 aromatic heterocycles. The molecule has 4 aromatic carbocycles. The van der Waals surface area contributed by atoms with Gasteiger partial charge in [0.15, 0.2) is 34.9 Å². The second-order valence-electron chi connectivity index (χ2n) is 24.6. The van der Waals surface area contributed by atoms with E-state index < -0.39 is 166 Å². The van der Waals surface area contributed by atoms with Gasteiger partial charge in [0.25, 0.3) is 23.6 Å². The highest BCUT2D eigenvalue weighted by molar-refractivity contribution is 6.08. The highest BCUT2D eigenvalue weighted by Crippen LogP contribution is 2.44. The van der Waals surface area contributed by atoms with E-state index in [0.29, 0.717) is 30.9 Å². The quantitative estimate of drug-likeness (QED) is 0.0639. The predicted octanol–water partition coefficient (Wildman–Crippen LogP) is 11.8. The first-order valence-corrected chi connectivity index (χ1v) is 28.2. The fourth-order valence-corrected chi connectivity index (χ4v) is 11.4. The number of anilines is 4. The van der Waals surface area contributed by atoms with Gasteiger partial charge in [0.05, 0.1) is 55.9 Å². The number of hydrogen-bond donors (Lipinski definition) is 6. The number of pyridine rings is 2. The molecular formula is C62H64F14N10O6. The highest BCUT2D eigenvalue weighted by Gasteiger charge is 2.41. The Labute approximate surface area is 517 Å². The zero-order valence-corrected chi connectivity index (χ0v) is 51.2. The number of nitrogens with one attached hydrogen (secondary N) is 5. The van der Waals surface area contributed by atoms with Gasteiger partial charge in [-0.25, -0.2) is 35.1 Å². The van der Waals surface area contributed by atoms with Crippen LogP contribution in [0, 0.1) is 52.0 Å². The number of alkyl halides is 6. The number of rotatable bonds is 12. The van der Waals surface area contributed by atoms with Gasteiger partial charge in [-0.3, -0.25) is 38.6 Å². The van der Waals surface area contributed by atoms with Crippen molar-refractivity contribution in [1.29, 1.82) is 0 Å². The van der Waals surface area contributed by atoms with Crippen molar-refractivity contribution in [2.45, 2.75) is 111 Å². The van der Waals surface area contributed by atoms with E-state index in [-0.39, 0.29) is 79.3 Å². The number of H-pyrrole nitrogens is 2. The third kappa shape index (κ3) is 15.1. The van der Waals surface area contributed by atoms with Crippen LogP contribution in [0.2, 0.25) is 0 Å². The van der Waals surface area contributed by atoms with Crippen molar-refractivity contribution in [1.82, 2.24) is 25.1 Å². The Balaban J connectivity index is 0.000000265. The maximum absolute atomic E-state index is 16.6. The SMILES string of the molecule is C[C@@H]1CN(c2cc(F)c(-c3ccc(C(=O)NC(C)(C)CC(C)(C)C)c(F)c3F)c(F)c2NC(=O)c2c[nH]c(=O)cc2C(F)(F)F)C[C@H](C)N1C.C[C@@H]1CN(c2cc(F)c(-c3ccc(C(N)=O)c(F)c3F)c(F)c2NC(=O)c2c[nH]c(=O)cc2C(F)(F)F)C[C@H](C)N1C. The van der Waals surface area contributed by atoms with Crippen molar-refractivity contribution < 1.29 is 80.6 Å². The predicted molar refractivity (Wildman–Crippen MR) is 315 cm³/mol. The number of benzene rings is 4. The summed E-state index contributed by atoms with van der Waals surface area (Å²) in [5.41, 5.74) is -11.8. The molecule has 0 spiro atoms. The van der Waals surface area contributed by atoms with E-state index in [1.807, 2.05) is 87.6 Å². The van der Waals surface area contributed by atoms with Crippen molar-refractivity contribution in [3.8, 4) is 22.3 Å². The molecule has 8 rings (SSSR count). The van der Waals surface area contributed by atoms with Crippen molar-refractivity contribution in [3.63, 3.8) is 0 Å². The number of carbonyl (C=O) groups is 4. The van der Waals surface area contributed by atoms with E-state index in [2.05, 4.69) is 10.6 Å². The lowest BCUT2D eigenvalue weighted by Gasteiger charge is -2.44. The Kier molecular flexibility index (Phi) is 20.3. The number of piperazine rings is 2. The third-order valence-corrected chi connectivity index (χ3v) is 15.9. The number of carbonyl (C=O) groups excluding carboxylic acids is 4. The normalized spacial score (nSPS) is 17.7. The summed E-state index contributed by atoms with van der Waals surface area (Å²) in [5.74, 6) is -18.4. The first-order valence-electron chi connectivity index (χ1n) is 28.2. The van der Waals surface area contributed by atoms with Crippen molar-refractivity contribution in [3.05, 3.63) is 162 Å². The molecule has 496 valence electrons. The minimum absolute atomic E-state index is 0.143. The van der Waals surface area contributed by atoms with Gasteiger partial charge >= 0.3 is 12.4 Å². The molecule has 2 saturated heterocycles. The zero-order chi connectivity index (χ0) is 68.9. The van der Waals surface area contributed by atoms with Crippen molar-refractivity contribution >= 4 is 46.4 Å². The minimum Gasteiger partial charge on any atom is -0.367 e. The van der Waals surface area contributed by atoms with E-state index in [1.165, 1.54) is 9.80 Å². The Bertz CT molecular complexity index is 3990. The largest absolute Gasteiger partial charge is 0.417 e. The molecule has 4 amide bonds. The van der Waals surface area contributed by atoms with E-state index in [9.17, 15) is 63.9 Å². The van der Waals surface area contributed by atoms with E-state index in [4.69, 9.17) is 5.73 Å².